The van der Waals surface area contributed by atoms with Crippen LogP contribution in [-0.4, -0.2) is 36.7 Å². The van der Waals surface area contributed by atoms with Gasteiger partial charge >= 0.3 is 0 Å². The first-order chi connectivity index (χ1) is 11.0. The SMILES string of the molecule is CC1(O)C=CC(c2oc3cc(O)cc(O)c3c(=O)c2O)=CC1(C)O. The van der Waals surface area contributed by atoms with Gasteiger partial charge in [-0.3, -0.25) is 4.79 Å². The Morgan fingerprint density at radius 3 is 2.33 bits per heavy atom. The van der Waals surface area contributed by atoms with Crippen molar-refractivity contribution < 1.29 is 29.9 Å². The van der Waals surface area contributed by atoms with Gasteiger partial charge in [-0.1, -0.05) is 6.08 Å². The third-order valence-electron chi connectivity index (χ3n) is 4.25. The average molecular weight is 332 g/mol. The second-order valence-electron chi connectivity index (χ2n) is 6.18. The molecule has 7 nitrogen and oxygen atoms in total. The van der Waals surface area contributed by atoms with Crippen molar-refractivity contribution in [3.8, 4) is 17.2 Å². The van der Waals surface area contributed by atoms with Crippen LogP contribution in [0.5, 0.6) is 17.2 Å². The molecule has 0 spiro atoms. The Labute approximate surface area is 136 Å². The minimum atomic E-state index is -1.67. The van der Waals surface area contributed by atoms with Crippen molar-refractivity contribution in [1.82, 2.24) is 0 Å². The van der Waals surface area contributed by atoms with Crippen LogP contribution in [0.4, 0.5) is 0 Å². The van der Waals surface area contributed by atoms with Gasteiger partial charge in [0.05, 0.1) is 0 Å². The first-order valence-electron chi connectivity index (χ1n) is 7.12. The highest BCUT2D eigenvalue weighted by Gasteiger charge is 2.41. The minimum Gasteiger partial charge on any atom is -0.508 e. The fourth-order valence-electron chi connectivity index (χ4n) is 2.53. The third kappa shape index (κ3) is 2.26. The van der Waals surface area contributed by atoms with Gasteiger partial charge in [-0.05, 0) is 26.0 Å². The van der Waals surface area contributed by atoms with Gasteiger partial charge < -0.3 is 29.9 Å². The van der Waals surface area contributed by atoms with E-state index in [2.05, 4.69) is 0 Å². The van der Waals surface area contributed by atoms with E-state index in [-0.39, 0.29) is 28.1 Å². The number of hydrogen-bond acceptors (Lipinski definition) is 7. The van der Waals surface area contributed by atoms with Gasteiger partial charge in [0.2, 0.25) is 11.2 Å². The molecule has 2 unspecified atom stereocenters. The zero-order valence-electron chi connectivity index (χ0n) is 12.9. The van der Waals surface area contributed by atoms with Gasteiger partial charge in [-0.25, -0.2) is 0 Å². The molecule has 1 aliphatic rings. The Bertz CT molecular complexity index is 961. The van der Waals surface area contributed by atoms with Crippen LogP contribution in [0.15, 0.2) is 39.6 Å². The van der Waals surface area contributed by atoms with Crippen molar-refractivity contribution in [3.05, 3.63) is 46.3 Å². The molecule has 126 valence electrons. The maximum Gasteiger partial charge on any atom is 0.238 e. The number of hydrogen-bond donors (Lipinski definition) is 5. The van der Waals surface area contributed by atoms with Crippen molar-refractivity contribution in [2.24, 2.45) is 0 Å². The lowest BCUT2D eigenvalue weighted by atomic mass is 9.80. The Hall–Kier alpha value is -2.77. The smallest absolute Gasteiger partial charge is 0.238 e. The highest BCUT2D eigenvalue weighted by atomic mass is 16.4. The van der Waals surface area contributed by atoms with Crippen LogP contribution in [0.25, 0.3) is 16.5 Å². The molecule has 24 heavy (non-hydrogen) atoms. The number of aliphatic hydroxyl groups is 2. The number of rotatable bonds is 1. The summed E-state index contributed by atoms with van der Waals surface area (Å²) in [5.41, 5.74) is -4.05. The van der Waals surface area contributed by atoms with E-state index in [1.807, 2.05) is 0 Å². The fraction of sp³-hybridized carbons (Fsp3) is 0.235. The van der Waals surface area contributed by atoms with Crippen molar-refractivity contribution >= 4 is 16.5 Å². The van der Waals surface area contributed by atoms with E-state index >= 15 is 0 Å². The zero-order chi connectivity index (χ0) is 17.9. The molecule has 1 heterocycles. The van der Waals surface area contributed by atoms with Crippen molar-refractivity contribution in [2.45, 2.75) is 25.0 Å². The molecule has 5 N–H and O–H groups in total. The average Bonchev–Trinajstić information content (AvgIpc) is 2.45. The van der Waals surface area contributed by atoms with Gasteiger partial charge in [0, 0.05) is 17.7 Å². The molecule has 3 rings (SSSR count). The summed E-state index contributed by atoms with van der Waals surface area (Å²) in [6.07, 6.45) is 3.95. The molecular formula is C17H16O7. The van der Waals surface area contributed by atoms with Gasteiger partial charge in [-0.2, -0.15) is 0 Å². The van der Waals surface area contributed by atoms with Crippen LogP contribution in [0, 0.1) is 0 Å². The van der Waals surface area contributed by atoms with Crippen LogP contribution in [0.3, 0.4) is 0 Å². The molecule has 1 aromatic heterocycles. The first-order valence-corrected chi connectivity index (χ1v) is 7.12. The fourth-order valence-corrected chi connectivity index (χ4v) is 2.53. The molecule has 7 heteroatoms. The van der Waals surface area contributed by atoms with Crippen LogP contribution >= 0.6 is 0 Å². The molecule has 0 radical (unpaired) electrons. The van der Waals surface area contributed by atoms with Gasteiger partial charge in [0.15, 0.2) is 5.76 Å². The molecule has 2 atom stereocenters. The summed E-state index contributed by atoms with van der Waals surface area (Å²) in [6, 6.07) is 2.08. The molecule has 1 aliphatic carbocycles. The van der Waals surface area contributed by atoms with Crippen molar-refractivity contribution in [1.29, 1.82) is 0 Å². The lowest BCUT2D eigenvalue weighted by molar-refractivity contribution is -0.0693. The lowest BCUT2D eigenvalue weighted by Gasteiger charge is -2.36. The lowest BCUT2D eigenvalue weighted by Crippen LogP contribution is -2.48. The molecule has 2 aromatic rings. The maximum absolute atomic E-state index is 12.3. The third-order valence-corrected chi connectivity index (χ3v) is 4.25. The summed E-state index contributed by atoms with van der Waals surface area (Å²) in [6.45, 7) is 2.77. The van der Waals surface area contributed by atoms with E-state index < -0.39 is 28.1 Å². The van der Waals surface area contributed by atoms with E-state index in [0.29, 0.717) is 0 Å². The zero-order valence-corrected chi connectivity index (χ0v) is 12.9. The number of aromatic hydroxyl groups is 3. The highest BCUT2D eigenvalue weighted by Crippen LogP contribution is 2.38. The quantitative estimate of drug-likeness (QED) is 0.533. The van der Waals surface area contributed by atoms with Gasteiger partial charge in [0.25, 0.3) is 0 Å². The second kappa shape index (κ2) is 4.86. The monoisotopic (exact) mass is 332 g/mol. The van der Waals surface area contributed by atoms with Gasteiger partial charge in [-0.15, -0.1) is 0 Å². The number of phenolic OH excluding ortho intramolecular Hbond substituents is 2. The van der Waals surface area contributed by atoms with E-state index in [1.165, 1.54) is 32.1 Å². The summed E-state index contributed by atoms with van der Waals surface area (Å²) in [5, 5.41) is 49.7. The first kappa shape index (κ1) is 16.1. The highest BCUT2D eigenvalue weighted by molar-refractivity contribution is 5.88. The van der Waals surface area contributed by atoms with Crippen molar-refractivity contribution in [2.75, 3.05) is 0 Å². The second-order valence-corrected chi connectivity index (χ2v) is 6.18. The molecule has 0 aliphatic heterocycles. The Balaban J connectivity index is 2.29. The molecule has 1 aromatic carbocycles. The normalized spacial score (nSPS) is 26.6. The predicted molar refractivity (Wildman–Crippen MR) is 85.8 cm³/mol. The standard InChI is InChI=1S/C17H16O7/c1-16(22)4-3-8(7-17(16,2)23)15-14(21)13(20)12-10(19)5-9(18)6-11(12)24-15/h3-7,18-19,21-23H,1-2H3. The Morgan fingerprint density at radius 1 is 1.04 bits per heavy atom. The molecule has 0 amide bonds. The van der Waals surface area contributed by atoms with Crippen LogP contribution in [0.1, 0.15) is 19.6 Å². The Morgan fingerprint density at radius 2 is 1.71 bits per heavy atom. The van der Waals surface area contributed by atoms with E-state index in [0.717, 1.165) is 12.1 Å². The van der Waals surface area contributed by atoms with Crippen LogP contribution in [0.2, 0.25) is 0 Å². The summed E-state index contributed by atoms with van der Waals surface area (Å²) >= 11 is 0. The molecule has 0 bridgehead atoms. The van der Waals surface area contributed by atoms with E-state index in [4.69, 9.17) is 4.42 Å². The molecule has 0 saturated carbocycles. The summed E-state index contributed by atoms with van der Waals surface area (Å²) in [5.74, 6) is -1.84. The number of benzene rings is 1. The van der Waals surface area contributed by atoms with E-state index in [9.17, 15) is 30.3 Å². The summed E-state index contributed by atoms with van der Waals surface area (Å²) in [7, 11) is 0. The summed E-state index contributed by atoms with van der Waals surface area (Å²) < 4.78 is 5.45. The Kier molecular flexibility index (Phi) is 3.26. The number of fused-ring (bicyclic) bond motifs is 1. The molecule has 0 saturated heterocycles. The summed E-state index contributed by atoms with van der Waals surface area (Å²) in [4.78, 5) is 12.3. The number of phenols is 2. The van der Waals surface area contributed by atoms with E-state index in [1.54, 1.807) is 0 Å². The van der Waals surface area contributed by atoms with Gasteiger partial charge in [0.1, 0.15) is 33.7 Å². The van der Waals surface area contributed by atoms with Crippen LogP contribution < -0.4 is 5.43 Å². The van der Waals surface area contributed by atoms with Crippen molar-refractivity contribution in [3.63, 3.8) is 0 Å². The molecular weight excluding hydrogens is 316 g/mol. The maximum atomic E-state index is 12.3. The van der Waals surface area contributed by atoms with Crippen LogP contribution in [-0.2, 0) is 0 Å². The number of allylic oxidation sites excluding steroid dienone is 2. The topological polar surface area (TPSA) is 131 Å². The largest absolute Gasteiger partial charge is 0.508 e. The minimum absolute atomic E-state index is 0.128. The molecule has 0 fully saturated rings. The predicted octanol–water partition coefficient (Wildman–Crippen LogP) is 1.37.